The fourth-order valence-electron chi connectivity index (χ4n) is 3.55. The van der Waals surface area contributed by atoms with Crippen molar-refractivity contribution in [3.05, 3.63) is 40.4 Å². The lowest BCUT2D eigenvalue weighted by Gasteiger charge is -2.23. The minimum Gasteiger partial charge on any atom is -0.298 e. The molecule has 22 heavy (non-hydrogen) atoms. The topological polar surface area (TPSA) is 47.0 Å². The van der Waals surface area contributed by atoms with Crippen LogP contribution < -0.4 is 0 Å². The lowest BCUT2D eigenvalue weighted by atomic mass is 9.77. The van der Waals surface area contributed by atoms with Crippen molar-refractivity contribution >= 4 is 34.5 Å². The molecule has 1 heterocycles. The summed E-state index contributed by atoms with van der Waals surface area (Å²) >= 11 is 7.37. The summed E-state index contributed by atoms with van der Waals surface area (Å²) in [5.41, 5.74) is 1.58. The summed E-state index contributed by atoms with van der Waals surface area (Å²) in [7, 11) is 0. The molecule has 112 valence electrons. The molecular formula is C17H14ClNO2S. The van der Waals surface area contributed by atoms with E-state index in [-0.39, 0.29) is 23.4 Å². The van der Waals surface area contributed by atoms with E-state index in [9.17, 15) is 9.59 Å². The zero-order valence-electron chi connectivity index (χ0n) is 11.8. The fourth-order valence-corrected chi connectivity index (χ4v) is 4.52. The summed E-state index contributed by atoms with van der Waals surface area (Å²) in [5.74, 6) is -0.358. The Balaban J connectivity index is 1.67. The highest BCUT2D eigenvalue weighted by atomic mass is 35.5. The van der Waals surface area contributed by atoms with Gasteiger partial charge in [0.15, 0.2) is 11.6 Å². The van der Waals surface area contributed by atoms with Gasteiger partial charge < -0.3 is 0 Å². The number of benzene rings is 1. The quantitative estimate of drug-likeness (QED) is 0.778. The standard InChI is InChI=1S/C17H14ClNO2S/c18-12-5-3-9(4-6-12)17-19-13(8-22-17)14-15(20)10-1-2-11(7-10)16(14)21/h3-6,8,10-11,14H,1-2,7H2/t10-,11+,14?. The number of ketones is 2. The Morgan fingerprint density at radius 1 is 1.05 bits per heavy atom. The highest BCUT2D eigenvalue weighted by molar-refractivity contribution is 7.13. The van der Waals surface area contributed by atoms with Gasteiger partial charge in [-0.3, -0.25) is 9.59 Å². The summed E-state index contributed by atoms with van der Waals surface area (Å²) in [6.45, 7) is 0. The van der Waals surface area contributed by atoms with Crippen molar-refractivity contribution in [3.63, 3.8) is 0 Å². The number of rotatable bonds is 2. The zero-order chi connectivity index (χ0) is 15.3. The molecular weight excluding hydrogens is 318 g/mol. The smallest absolute Gasteiger partial charge is 0.152 e. The second-order valence-corrected chi connectivity index (χ2v) is 7.32. The minimum absolute atomic E-state index is 0.0633. The van der Waals surface area contributed by atoms with Crippen LogP contribution in [0.5, 0.6) is 0 Å². The highest BCUT2D eigenvalue weighted by Crippen LogP contribution is 2.44. The van der Waals surface area contributed by atoms with Crippen molar-refractivity contribution in [2.24, 2.45) is 11.8 Å². The Bertz CT molecular complexity index is 730. The van der Waals surface area contributed by atoms with Crippen LogP contribution in [-0.2, 0) is 9.59 Å². The number of hydrogen-bond donors (Lipinski definition) is 0. The number of carbonyl (C=O) groups is 2. The number of thiazole rings is 1. The van der Waals surface area contributed by atoms with Crippen LogP contribution in [0.1, 0.15) is 30.9 Å². The molecule has 3 atom stereocenters. The molecule has 0 amide bonds. The van der Waals surface area contributed by atoms with Crippen LogP contribution >= 0.6 is 22.9 Å². The first-order chi connectivity index (χ1) is 10.6. The first-order valence-corrected chi connectivity index (χ1v) is 8.68. The van der Waals surface area contributed by atoms with E-state index in [2.05, 4.69) is 4.98 Å². The normalized spacial score (nSPS) is 27.4. The third kappa shape index (κ3) is 2.22. The number of hydrogen-bond acceptors (Lipinski definition) is 4. The van der Waals surface area contributed by atoms with Crippen LogP contribution in [0, 0.1) is 11.8 Å². The summed E-state index contributed by atoms with van der Waals surface area (Å²) in [5, 5.41) is 3.36. The van der Waals surface area contributed by atoms with Gasteiger partial charge in [0.2, 0.25) is 0 Å². The number of Topliss-reactive ketones (excluding diaryl/α,β-unsaturated/α-hetero) is 2. The largest absolute Gasteiger partial charge is 0.298 e. The van der Waals surface area contributed by atoms with E-state index in [0.29, 0.717) is 10.7 Å². The molecule has 0 N–H and O–H groups in total. The van der Waals surface area contributed by atoms with Gasteiger partial charge in [-0.05, 0) is 31.4 Å². The lowest BCUT2D eigenvalue weighted by Crippen LogP contribution is -2.34. The molecule has 1 aromatic heterocycles. The summed E-state index contributed by atoms with van der Waals surface area (Å²) in [6.07, 6.45) is 2.47. The number of fused-ring (bicyclic) bond motifs is 2. The Hall–Kier alpha value is -1.52. The Morgan fingerprint density at radius 3 is 2.32 bits per heavy atom. The van der Waals surface area contributed by atoms with E-state index in [1.54, 1.807) is 0 Å². The summed E-state index contributed by atoms with van der Waals surface area (Å²) < 4.78 is 0. The van der Waals surface area contributed by atoms with Crippen LogP contribution in [0.25, 0.3) is 10.6 Å². The molecule has 2 aromatic rings. The maximum absolute atomic E-state index is 12.5. The van der Waals surface area contributed by atoms with Crippen molar-refractivity contribution in [1.29, 1.82) is 0 Å². The Morgan fingerprint density at radius 2 is 1.68 bits per heavy atom. The average molecular weight is 332 g/mol. The molecule has 1 unspecified atom stereocenters. The minimum atomic E-state index is -0.636. The molecule has 5 heteroatoms. The molecule has 0 aliphatic heterocycles. The summed E-state index contributed by atoms with van der Waals surface area (Å²) in [4.78, 5) is 29.6. The van der Waals surface area contributed by atoms with Gasteiger partial charge in [-0.15, -0.1) is 11.3 Å². The molecule has 2 bridgehead atoms. The van der Waals surface area contributed by atoms with Crippen LogP contribution in [0.3, 0.4) is 0 Å². The molecule has 0 saturated heterocycles. The van der Waals surface area contributed by atoms with Crippen LogP contribution in [-0.4, -0.2) is 16.6 Å². The molecule has 2 fully saturated rings. The third-order valence-corrected chi connectivity index (χ3v) is 5.88. The van der Waals surface area contributed by atoms with Gasteiger partial charge in [0.25, 0.3) is 0 Å². The third-order valence-electron chi connectivity index (χ3n) is 4.72. The van der Waals surface area contributed by atoms with Gasteiger partial charge in [0, 0.05) is 27.8 Å². The van der Waals surface area contributed by atoms with Crippen molar-refractivity contribution in [1.82, 2.24) is 4.98 Å². The maximum Gasteiger partial charge on any atom is 0.152 e. The first kappa shape index (κ1) is 14.1. The second kappa shape index (κ2) is 5.28. The van der Waals surface area contributed by atoms with E-state index >= 15 is 0 Å². The van der Waals surface area contributed by atoms with Gasteiger partial charge in [0.1, 0.15) is 10.9 Å². The molecule has 3 nitrogen and oxygen atoms in total. The molecule has 4 rings (SSSR count). The first-order valence-electron chi connectivity index (χ1n) is 7.42. The molecule has 2 aliphatic carbocycles. The maximum atomic E-state index is 12.5. The highest BCUT2D eigenvalue weighted by Gasteiger charge is 2.48. The van der Waals surface area contributed by atoms with Crippen molar-refractivity contribution in [2.45, 2.75) is 25.2 Å². The van der Waals surface area contributed by atoms with E-state index in [0.717, 1.165) is 29.8 Å². The van der Waals surface area contributed by atoms with Gasteiger partial charge in [-0.1, -0.05) is 23.7 Å². The van der Waals surface area contributed by atoms with E-state index in [4.69, 9.17) is 11.6 Å². The average Bonchev–Trinajstić information content (AvgIpc) is 3.15. The SMILES string of the molecule is O=C1C(c2csc(-c3ccc(Cl)cc3)n2)C(=O)[C@H]2CC[C@@H]1C2. The molecule has 1 aromatic carbocycles. The zero-order valence-corrected chi connectivity index (χ0v) is 13.4. The molecule has 2 aliphatic rings. The predicted molar refractivity (Wildman–Crippen MR) is 86.1 cm³/mol. The van der Waals surface area contributed by atoms with Crippen molar-refractivity contribution in [2.75, 3.05) is 0 Å². The van der Waals surface area contributed by atoms with Gasteiger partial charge in [-0.2, -0.15) is 0 Å². The van der Waals surface area contributed by atoms with Crippen LogP contribution in [0.15, 0.2) is 29.6 Å². The van der Waals surface area contributed by atoms with E-state index < -0.39 is 5.92 Å². The number of aromatic nitrogens is 1. The van der Waals surface area contributed by atoms with Crippen LogP contribution in [0.2, 0.25) is 5.02 Å². The van der Waals surface area contributed by atoms with Gasteiger partial charge >= 0.3 is 0 Å². The number of carbonyl (C=O) groups excluding carboxylic acids is 2. The van der Waals surface area contributed by atoms with E-state index in [1.165, 1.54) is 11.3 Å². The van der Waals surface area contributed by atoms with E-state index in [1.807, 2.05) is 29.6 Å². The van der Waals surface area contributed by atoms with Gasteiger partial charge in [0.05, 0.1) is 5.69 Å². The fraction of sp³-hybridized carbons (Fsp3) is 0.353. The molecule has 0 radical (unpaired) electrons. The van der Waals surface area contributed by atoms with Crippen molar-refractivity contribution < 1.29 is 9.59 Å². The Kier molecular flexibility index (Phi) is 3.39. The molecule has 0 spiro atoms. The van der Waals surface area contributed by atoms with Gasteiger partial charge in [-0.25, -0.2) is 4.98 Å². The second-order valence-electron chi connectivity index (χ2n) is 6.03. The predicted octanol–water partition coefficient (Wildman–Crippen LogP) is 4.12. The Labute approximate surface area is 137 Å². The van der Waals surface area contributed by atoms with Crippen LogP contribution in [0.4, 0.5) is 0 Å². The lowest BCUT2D eigenvalue weighted by molar-refractivity contribution is -0.136. The van der Waals surface area contributed by atoms with Crippen molar-refractivity contribution in [3.8, 4) is 10.6 Å². The summed E-state index contributed by atoms with van der Waals surface area (Å²) in [6, 6.07) is 7.43. The molecule has 2 saturated carbocycles. The monoisotopic (exact) mass is 331 g/mol. The number of halogens is 1. The number of nitrogens with zero attached hydrogens (tertiary/aromatic N) is 1.